The summed E-state index contributed by atoms with van der Waals surface area (Å²) in [5, 5.41) is 35.7. The molecule has 0 radical (unpaired) electrons. The van der Waals surface area contributed by atoms with Crippen LogP contribution >= 0.6 is 0 Å². The second kappa shape index (κ2) is 7.32. The van der Waals surface area contributed by atoms with Crippen LogP contribution in [0.5, 0.6) is 0 Å². The van der Waals surface area contributed by atoms with Crippen LogP contribution in [0, 0.1) is 34.0 Å². The zero-order valence-electron chi connectivity index (χ0n) is 12.7. The van der Waals surface area contributed by atoms with Crippen molar-refractivity contribution in [3.05, 3.63) is 64.6 Å². The number of benzene rings is 1. The Morgan fingerprint density at radius 3 is 2.20 bits per heavy atom. The Morgan fingerprint density at radius 1 is 1.04 bits per heavy atom. The number of hydrogen-bond acceptors (Lipinski definition) is 6. The molecule has 1 aromatic carbocycles. The van der Waals surface area contributed by atoms with Crippen LogP contribution in [-0.2, 0) is 0 Å². The molecule has 1 aromatic heterocycles. The quantitative estimate of drug-likeness (QED) is 0.646. The van der Waals surface area contributed by atoms with E-state index in [0.717, 1.165) is 0 Å². The summed E-state index contributed by atoms with van der Waals surface area (Å²) < 4.78 is 5.58. The highest BCUT2D eigenvalue weighted by Crippen LogP contribution is 2.24. The van der Waals surface area contributed by atoms with Crippen LogP contribution < -0.4 is 5.73 Å². The van der Waals surface area contributed by atoms with Gasteiger partial charge in [0.2, 0.25) is 0 Å². The molecule has 3 N–H and O–H groups in total. The van der Waals surface area contributed by atoms with Gasteiger partial charge in [0.15, 0.2) is 5.57 Å². The molecular weight excluding hydrogens is 320 g/mol. The molecule has 0 fully saturated rings. The van der Waals surface area contributed by atoms with Crippen LogP contribution in [0.3, 0.4) is 0 Å². The third-order valence-corrected chi connectivity index (χ3v) is 3.23. The molecule has 7 heteroatoms. The third kappa shape index (κ3) is 3.73. The standard InChI is InChI=1S/C18H10N4O3/c19-8-13(17(22)14(9-20)10-21)7-15-5-6-16(25-15)11-1-3-12(4-2-11)18(23)24/h1-7H,22H2,(H,23,24)/b13-7+. The van der Waals surface area contributed by atoms with Crippen molar-refractivity contribution in [1.29, 1.82) is 15.8 Å². The van der Waals surface area contributed by atoms with Crippen LogP contribution in [0.25, 0.3) is 17.4 Å². The molecule has 0 aliphatic carbocycles. The molecule has 0 saturated heterocycles. The van der Waals surface area contributed by atoms with Crippen molar-refractivity contribution < 1.29 is 14.3 Å². The average molecular weight is 330 g/mol. The van der Waals surface area contributed by atoms with Crippen molar-refractivity contribution >= 4 is 12.0 Å². The van der Waals surface area contributed by atoms with E-state index >= 15 is 0 Å². The lowest BCUT2D eigenvalue weighted by Gasteiger charge is -1.99. The average Bonchev–Trinajstić information content (AvgIpc) is 3.09. The maximum Gasteiger partial charge on any atom is 0.335 e. The van der Waals surface area contributed by atoms with Gasteiger partial charge in [-0.2, -0.15) is 15.8 Å². The Labute approximate surface area is 142 Å². The zero-order valence-corrected chi connectivity index (χ0v) is 12.7. The largest absolute Gasteiger partial charge is 0.478 e. The number of furan rings is 1. The Hall–Kier alpha value is -4.28. The van der Waals surface area contributed by atoms with Gasteiger partial charge in [-0.05, 0) is 24.3 Å². The van der Waals surface area contributed by atoms with Gasteiger partial charge in [0.25, 0.3) is 0 Å². The molecule has 0 saturated carbocycles. The van der Waals surface area contributed by atoms with Crippen LogP contribution in [0.2, 0.25) is 0 Å². The number of hydrogen-bond donors (Lipinski definition) is 2. The predicted octanol–water partition coefficient (Wildman–Crippen LogP) is 2.81. The number of nitriles is 3. The summed E-state index contributed by atoms with van der Waals surface area (Å²) in [6.45, 7) is 0. The molecule has 0 bridgehead atoms. The fourth-order valence-electron chi connectivity index (χ4n) is 1.96. The van der Waals surface area contributed by atoms with Gasteiger partial charge in [0.05, 0.1) is 16.8 Å². The van der Waals surface area contributed by atoms with Crippen molar-refractivity contribution in [3.8, 4) is 29.5 Å². The smallest absolute Gasteiger partial charge is 0.335 e. The van der Waals surface area contributed by atoms with Gasteiger partial charge in [0.1, 0.15) is 29.7 Å². The number of nitrogens with two attached hydrogens (primary N) is 1. The zero-order chi connectivity index (χ0) is 18.4. The summed E-state index contributed by atoms with van der Waals surface area (Å²) in [7, 11) is 0. The maximum atomic E-state index is 10.9. The second-order valence-electron chi connectivity index (χ2n) is 4.77. The maximum absolute atomic E-state index is 10.9. The SMILES string of the molecule is N#CC(C#N)=C(N)/C(C#N)=C/c1ccc(-c2ccc(C(=O)O)cc2)o1. The molecule has 0 unspecified atom stereocenters. The van der Waals surface area contributed by atoms with Crippen molar-refractivity contribution in [1.82, 2.24) is 0 Å². The van der Waals surface area contributed by atoms with Gasteiger partial charge in [-0.15, -0.1) is 0 Å². The molecule has 2 aromatic rings. The number of carbonyl (C=O) groups is 1. The van der Waals surface area contributed by atoms with Gasteiger partial charge in [-0.1, -0.05) is 12.1 Å². The van der Waals surface area contributed by atoms with Crippen molar-refractivity contribution in [2.24, 2.45) is 5.73 Å². The van der Waals surface area contributed by atoms with E-state index < -0.39 is 5.97 Å². The Bertz CT molecular complexity index is 990. The first-order chi connectivity index (χ1) is 12.0. The molecule has 120 valence electrons. The van der Waals surface area contributed by atoms with Crippen molar-refractivity contribution in [3.63, 3.8) is 0 Å². The number of nitrogens with zero attached hydrogens (tertiary/aromatic N) is 3. The number of allylic oxidation sites excluding steroid dienone is 2. The summed E-state index contributed by atoms with van der Waals surface area (Å²) in [4.78, 5) is 10.9. The van der Waals surface area contributed by atoms with Gasteiger partial charge in [-0.25, -0.2) is 4.79 Å². The minimum absolute atomic E-state index is 0.0692. The third-order valence-electron chi connectivity index (χ3n) is 3.23. The Balaban J connectivity index is 2.37. The molecular formula is C18H10N4O3. The fourth-order valence-corrected chi connectivity index (χ4v) is 1.96. The molecule has 0 atom stereocenters. The van der Waals surface area contributed by atoms with E-state index in [1.54, 1.807) is 36.4 Å². The molecule has 25 heavy (non-hydrogen) atoms. The van der Waals surface area contributed by atoms with Gasteiger partial charge in [-0.3, -0.25) is 0 Å². The highest BCUT2D eigenvalue weighted by atomic mass is 16.4. The topological polar surface area (TPSA) is 148 Å². The monoisotopic (exact) mass is 330 g/mol. The van der Waals surface area contributed by atoms with Crippen LogP contribution in [0.1, 0.15) is 16.1 Å². The van der Waals surface area contributed by atoms with E-state index in [0.29, 0.717) is 17.1 Å². The van der Waals surface area contributed by atoms with Crippen LogP contribution in [-0.4, -0.2) is 11.1 Å². The summed E-state index contributed by atoms with van der Waals surface area (Å²) in [6, 6.07) is 14.4. The van der Waals surface area contributed by atoms with E-state index in [2.05, 4.69) is 0 Å². The van der Waals surface area contributed by atoms with E-state index in [1.165, 1.54) is 18.2 Å². The number of carboxylic acid groups (broad SMARTS) is 1. The highest BCUT2D eigenvalue weighted by molar-refractivity contribution is 5.88. The first kappa shape index (κ1) is 17.1. The highest BCUT2D eigenvalue weighted by Gasteiger charge is 2.10. The molecule has 0 spiro atoms. The first-order valence-electron chi connectivity index (χ1n) is 6.85. The van der Waals surface area contributed by atoms with Gasteiger partial charge < -0.3 is 15.3 Å². The lowest BCUT2D eigenvalue weighted by Crippen LogP contribution is -2.03. The van der Waals surface area contributed by atoms with E-state index in [4.69, 9.17) is 31.0 Å². The summed E-state index contributed by atoms with van der Waals surface area (Å²) in [5.74, 6) is -0.266. The summed E-state index contributed by atoms with van der Waals surface area (Å²) >= 11 is 0. The minimum Gasteiger partial charge on any atom is -0.478 e. The number of carboxylic acids is 1. The Kier molecular flexibility index (Phi) is 5.00. The molecule has 7 nitrogen and oxygen atoms in total. The Morgan fingerprint density at radius 2 is 1.68 bits per heavy atom. The van der Waals surface area contributed by atoms with Crippen LogP contribution in [0.15, 0.2) is 57.7 Å². The molecule has 0 aliphatic rings. The fraction of sp³-hybridized carbons (Fsp3) is 0. The van der Waals surface area contributed by atoms with Crippen molar-refractivity contribution in [2.75, 3.05) is 0 Å². The summed E-state index contributed by atoms with van der Waals surface area (Å²) in [6.07, 6.45) is 1.32. The lowest BCUT2D eigenvalue weighted by atomic mass is 10.1. The molecule has 0 aliphatic heterocycles. The number of rotatable bonds is 4. The van der Waals surface area contributed by atoms with E-state index in [9.17, 15) is 4.79 Å². The molecule has 0 amide bonds. The number of aromatic carboxylic acids is 1. The predicted molar refractivity (Wildman–Crippen MR) is 87.1 cm³/mol. The molecule has 1 heterocycles. The first-order valence-corrected chi connectivity index (χ1v) is 6.85. The van der Waals surface area contributed by atoms with E-state index in [-0.39, 0.29) is 22.4 Å². The minimum atomic E-state index is -1.03. The van der Waals surface area contributed by atoms with Gasteiger partial charge in [0, 0.05) is 11.6 Å². The lowest BCUT2D eigenvalue weighted by molar-refractivity contribution is 0.0697. The normalized spacial score (nSPS) is 10.2. The second-order valence-corrected chi connectivity index (χ2v) is 4.77. The van der Waals surface area contributed by atoms with E-state index in [1.807, 2.05) is 6.07 Å². The van der Waals surface area contributed by atoms with Crippen molar-refractivity contribution in [2.45, 2.75) is 0 Å². The van der Waals surface area contributed by atoms with Crippen LogP contribution in [0.4, 0.5) is 0 Å². The molecule has 2 rings (SSSR count). The summed E-state index contributed by atoms with van der Waals surface area (Å²) in [5.41, 5.74) is 5.81. The van der Waals surface area contributed by atoms with Gasteiger partial charge >= 0.3 is 5.97 Å².